The van der Waals surface area contributed by atoms with E-state index in [4.69, 9.17) is 0 Å². The van der Waals surface area contributed by atoms with Gasteiger partial charge in [0.25, 0.3) is 0 Å². The van der Waals surface area contributed by atoms with E-state index in [0.717, 1.165) is 17.8 Å². The second-order valence-corrected chi connectivity index (χ2v) is 5.30. The number of nitrogens with one attached hydrogen (secondary N) is 1. The van der Waals surface area contributed by atoms with Crippen molar-refractivity contribution in [2.75, 3.05) is 13.6 Å². The zero-order valence-corrected chi connectivity index (χ0v) is 12.6. The molecule has 1 amide bonds. The zero-order valence-electron chi connectivity index (χ0n) is 11.7. The lowest BCUT2D eigenvalue weighted by Gasteiger charge is -2.26. The van der Waals surface area contributed by atoms with Gasteiger partial charge in [-0.15, -0.1) is 11.3 Å². The molecular formula is C15H19N3OS. The van der Waals surface area contributed by atoms with Gasteiger partial charge in [0.2, 0.25) is 5.91 Å². The quantitative estimate of drug-likeness (QED) is 0.888. The molecule has 1 atom stereocenters. The van der Waals surface area contributed by atoms with Crippen molar-refractivity contribution in [3.8, 4) is 0 Å². The van der Waals surface area contributed by atoms with Crippen molar-refractivity contribution in [2.24, 2.45) is 0 Å². The summed E-state index contributed by atoms with van der Waals surface area (Å²) in [5, 5.41) is 4.91. The highest BCUT2D eigenvalue weighted by atomic mass is 32.1. The fraction of sp³-hybridized carbons (Fsp3) is 0.333. The molecule has 0 aliphatic rings. The molecule has 0 saturated heterocycles. The third kappa shape index (κ3) is 3.65. The molecular weight excluding hydrogens is 270 g/mol. The summed E-state index contributed by atoms with van der Waals surface area (Å²) in [5.41, 5.74) is 3.68. The van der Waals surface area contributed by atoms with Crippen LogP contribution in [0, 0.1) is 0 Å². The number of carbonyl (C=O) groups excluding carboxylic acids is 1. The summed E-state index contributed by atoms with van der Waals surface area (Å²) in [6, 6.07) is 9.58. The van der Waals surface area contributed by atoms with E-state index in [0.29, 0.717) is 6.54 Å². The molecule has 0 saturated carbocycles. The van der Waals surface area contributed by atoms with Crippen LogP contribution in [-0.2, 0) is 11.3 Å². The summed E-state index contributed by atoms with van der Waals surface area (Å²) in [6.45, 7) is 3.33. The molecule has 0 aliphatic carbocycles. The average molecular weight is 289 g/mol. The molecule has 0 bridgehead atoms. The molecule has 4 nitrogen and oxygen atoms in total. The Morgan fingerprint density at radius 1 is 1.40 bits per heavy atom. The Kier molecular flexibility index (Phi) is 5.26. The smallest absolute Gasteiger partial charge is 0.242 e. The van der Waals surface area contributed by atoms with Gasteiger partial charge in [-0.1, -0.05) is 37.3 Å². The normalized spacial score (nSPS) is 12.3. The molecule has 2 rings (SSSR count). The molecule has 1 aromatic carbocycles. The van der Waals surface area contributed by atoms with E-state index in [1.165, 1.54) is 11.3 Å². The number of aromatic nitrogens is 1. The van der Waals surface area contributed by atoms with E-state index in [1.54, 1.807) is 5.51 Å². The van der Waals surface area contributed by atoms with Crippen molar-refractivity contribution in [3.05, 3.63) is 52.5 Å². The number of benzene rings is 1. The first-order valence-electron chi connectivity index (χ1n) is 6.62. The van der Waals surface area contributed by atoms with Crippen molar-refractivity contribution in [3.63, 3.8) is 0 Å². The maximum absolute atomic E-state index is 12.5. The van der Waals surface area contributed by atoms with Gasteiger partial charge in [-0.3, -0.25) is 9.69 Å². The van der Waals surface area contributed by atoms with Crippen LogP contribution < -0.4 is 5.32 Å². The number of likely N-dealkylation sites (N-methyl/N-ethyl adjacent to an activating group) is 1. The number of amides is 1. The third-order valence-electron chi connectivity index (χ3n) is 3.23. The van der Waals surface area contributed by atoms with Gasteiger partial charge in [0.15, 0.2) is 0 Å². The zero-order chi connectivity index (χ0) is 14.4. The molecule has 1 heterocycles. The Labute approximate surface area is 123 Å². The van der Waals surface area contributed by atoms with Crippen molar-refractivity contribution in [1.29, 1.82) is 0 Å². The van der Waals surface area contributed by atoms with Crippen molar-refractivity contribution in [1.82, 2.24) is 15.2 Å². The predicted molar refractivity (Wildman–Crippen MR) is 81.4 cm³/mol. The molecule has 5 heteroatoms. The molecule has 1 N–H and O–H groups in total. The van der Waals surface area contributed by atoms with E-state index in [2.05, 4.69) is 10.3 Å². The highest BCUT2D eigenvalue weighted by Crippen LogP contribution is 2.19. The number of carbonyl (C=O) groups is 1. The minimum absolute atomic E-state index is 0.00792. The second kappa shape index (κ2) is 7.17. The Morgan fingerprint density at radius 3 is 2.75 bits per heavy atom. The van der Waals surface area contributed by atoms with Crippen LogP contribution in [0.1, 0.15) is 24.2 Å². The van der Waals surface area contributed by atoms with E-state index in [-0.39, 0.29) is 11.9 Å². The maximum atomic E-state index is 12.5. The van der Waals surface area contributed by atoms with Crippen molar-refractivity contribution >= 4 is 17.2 Å². The van der Waals surface area contributed by atoms with Crippen molar-refractivity contribution in [2.45, 2.75) is 19.5 Å². The van der Waals surface area contributed by atoms with Gasteiger partial charge in [0.05, 0.1) is 17.7 Å². The molecule has 106 valence electrons. The minimum Gasteiger partial charge on any atom is -0.349 e. The highest BCUT2D eigenvalue weighted by Gasteiger charge is 2.23. The number of thiazole rings is 1. The summed E-state index contributed by atoms with van der Waals surface area (Å²) >= 11 is 1.53. The topological polar surface area (TPSA) is 45.2 Å². The van der Waals surface area contributed by atoms with Crippen LogP contribution in [0.25, 0.3) is 0 Å². The van der Waals surface area contributed by atoms with Crippen molar-refractivity contribution < 1.29 is 4.79 Å². The summed E-state index contributed by atoms with van der Waals surface area (Å²) in [7, 11) is 1.96. The minimum atomic E-state index is -0.264. The van der Waals surface area contributed by atoms with E-state index in [9.17, 15) is 4.79 Å². The average Bonchev–Trinajstić information content (AvgIpc) is 2.99. The van der Waals surface area contributed by atoms with Crippen LogP contribution >= 0.6 is 11.3 Å². The van der Waals surface area contributed by atoms with Crippen LogP contribution in [0.15, 0.2) is 41.2 Å². The Balaban J connectivity index is 2.08. The van der Waals surface area contributed by atoms with Crippen LogP contribution in [0.3, 0.4) is 0 Å². The lowest BCUT2D eigenvalue weighted by Crippen LogP contribution is -2.38. The molecule has 0 fully saturated rings. The van der Waals surface area contributed by atoms with Crippen LogP contribution in [-0.4, -0.2) is 29.4 Å². The summed E-state index contributed by atoms with van der Waals surface area (Å²) in [4.78, 5) is 18.7. The van der Waals surface area contributed by atoms with Gasteiger partial charge >= 0.3 is 0 Å². The maximum Gasteiger partial charge on any atom is 0.242 e. The van der Waals surface area contributed by atoms with Gasteiger partial charge in [-0.05, 0) is 19.2 Å². The van der Waals surface area contributed by atoms with E-state index < -0.39 is 0 Å². The lowest BCUT2D eigenvalue weighted by molar-refractivity contribution is -0.126. The summed E-state index contributed by atoms with van der Waals surface area (Å²) in [5.74, 6) is 0.00792. The Morgan fingerprint density at radius 2 is 2.15 bits per heavy atom. The van der Waals surface area contributed by atoms with Crippen LogP contribution in [0.2, 0.25) is 0 Å². The van der Waals surface area contributed by atoms with Crippen LogP contribution in [0.4, 0.5) is 0 Å². The fourth-order valence-electron chi connectivity index (χ4n) is 2.02. The lowest BCUT2D eigenvalue weighted by atomic mass is 10.0. The van der Waals surface area contributed by atoms with Crippen LogP contribution in [0.5, 0.6) is 0 Å². The molecule has 1 unspecified atom stereocenters. The fourth-order valence-corrected chi connectivity index (χ4v) is 2.58. The summed E-state index contributed by atoms with van der Waals surface area (Å²) < 4.78 is 0. The molecule has 0 aliphatic heterocycles. The molecule has 0 spiro atoms. The van der Waals surface area contributed by atoms with Gasteiger partial charge in [0, 0.05) is 5.38 Å². The number of hydrogen-bond donors (Lipinski definition) is 1. The largest absolute Gasteiger partial charge is 0.349 e. The number of nitrogens with zero attached hydrogens (tertiary/aromatic N) is 2. The third-order valence-corrected chi connectivity index (χ3v) is 3.87. The summed E-state index contributed by atoms with van der Waals surface area (Å²) in [6.07, 6.45) is 0. The monoisotopic (exact) mass is 289 g/mol. The van der Waals surface area contributed by atoms with Gasteiger partial charge < -0.3 is 5.32 Å². The highest BCUT2D eigenvalue weighted by molar-refractivity contribution is 7.07. The molecule has 1 aromatic heterocycles. The SMILES string of the molecule is CCN(C)C(C(=O)NCc1cscn1)c1ccccc1. The molecule has 2 aromatic rings. The van der Waals surface area contributed by atoms with Gasteiger partial charge in [-0.2, -0.15) is 0 Å². The standard InChI is InChI=1S/C15H19N3OS/c1-3-18(2)14(12-7-5-4-6-8-12)15(19)16-9-13-10-20-11-17-13/h4-8,10-11,14H,3,9H2,1-2H3,(H,16,19). The van der Waals surface area contributed by atoms with E-state index in [1.807, 2.05) is 54.6 Å². The first kappa shape index (κ1) is 14.7. The number of hydrogen-bond acceptors (Lipinski definition) is 4. The molecule has 20 heavy (non-hydrogen) atoms. The van der Waals surface area contributed by atoms with Gasteiger partial charge in [0.1, 0.15) is 6.04 Å². The molecule has 0 radical (unpaired) electrons. The predicted octanol–water partition coefficient (Wildman–Crippen LogP) is 2.45. The van der Waals surface area contributed by atoms with E-state index >= 15 is 0 Å². The Bertz CT molecular complexity index is 527. The number of rotatable bonds is 6. The first-order valence-corrected chi connectivity index (χ1v) is 7.56. The van der Waals surface area contributed by atoms with Gasteiger partial charge in [-0.25, -0.2) is 4.98 Å². The Hall–Kier alpha value is -1.72. The first-order chi connectivity index (χ1) is 9.72. The second-order valence-electron chi connectivity index (χ2n) is 4.58.